The fourth-order valence-electron chi connectivity index (χ4n) is 1.92. The maximum absolute atomic E-state index is 12.0. The number of hydrogen-bond acceptors (Lipinski definition) is 5. The maximum atomic E-state index is 12.0. The topological polar surface area (TPSA) is 92.2 Å². The molecule has 0 aliphatic heterocycles. The van der Waals surface area contributed by atoms with E-state index in [4.69, 9.17) is 5.11 Å². The number of carboxylic acids is 1. The van der Waals surface area contributed by atoms with Gasteiger partial charge in [-0.3, -0.25) is 9.59 Å². The second-order valence-corrected chi connectivity index (χ2v) is 4.88. The third kappa shape index (κ3) is 2.73. The Labute approximate surface area is 108 Å². The van der Waals surface area contributed by atoms with Gasteiger partial charge in [-0.05, 0) is 19.8 Å². The molecule has 1 aliphatic carbocycles. The highest BCUT2D eigenvalue weighted by molar-refractivity contribution is 7.09. The summed E-state index contributed by atoms with van der Waals surface area (Å²) in [7, 11) is 0. The zero-order valence-electron chi connectivity index (χ0n) is 9.79. The molecule has 2 unspecified atom stereocenters. The van der Waals surface area contributed by atoms with Gasteiger partial charge in [-0.25, -0.2) is 4.98 Å². The number of nitrogens with zero attached hydrogens (tertiary/aromatic N) is 2. The van der Waals surface area contributed by atoms with Gasteiger partial charge in [-0.2, -0.15) is 4.37 Å². The molecule has 0 aromatic carbocycles. The van der Waals surface area contributed by atoms with Crippen LogP contribution in [0.4, 0.5) is 5.13 Å². The largest absolute Gasteiger partial charge is 0.481 e. The van der Waals surface area contributed by atoms with Crippen molar-refractivity contribution in [2.24, 2.45) is 11.8 Å². The Balaban J connectivity index is 2.07. The molecule has 96 valence electrons. The molecule has 7 heteroatoms. The average Bonchev–Trinajstić information content (AvgIpc) is 2.74. The van der Waals surface area contributed by atoms with Crippen molar-refractivity contribution < 1.29 is 14.7 Å². The van der Waals surface area contributed by atoms with E-state index < -0.39 is 17.8 Å². The van der Waals surface area contributed by atoms with E-state index in [-0.39, 0.29) is 5.91 Å². The predicted octanol–water partition coefficient (Wildman–Crippen LogP) is 1.45. The lowest BCUT2D eigenvalue weighted by molar-refractivity contribution is -0.146. The van der Waals surface area contributed by atoms with E-state index in [1.54, 1.807) is 13.0 Å². The number of rotatable bonds is 3. The number of carboxylic acid groups (broad SMARTS) is 1. The molecule has 2 rings (SSSR count). The van der Waals surface area contributed by atoms with Crippen LogP contribution in [0.15, 0.2) is 12.2 Å². The molecule has 1 amide bonds. The van der Waals surface area contributed by atoms with E-state index in [1.165, 1.54) is 0 Å². The number of anilines is 1. The number of aliphatic carboxylic acids is 1. The van der Waals surface area contributed by atoms with E-state index in [9.17, 15) is 9.59 Å². The predicted molar refractivity (Wildman–Crippen MR) is 66.3 cm³/mol. The first-order valence-corrected chi connectivity index (χ1v) is 6.34. The Bertz CT molecular complexity index is 497. The van der Waals surface area contributed by atoms with Gasteiger partial charge in [0.25, 0.3) is 0 Å². The van der Waals surface area contributed by atoms with Crippen molar-refractivity contribution in [3.8, 4) is 0 Å². The van der Waals surface area contributed by atoms with Crippen molar-refractivity contribution in [1.29, 1.82) is 0 Å². The number of carbonyl (C=O) groups is 2. The molecule has 2 N–H and O–H groups in total. The summed E-state index contributed by atoms with van der Waals surface area (Å²) in [6, 6.07) is 0. The molecule has 2 atom stereocenters. The van der Waals surface area contributed by atoms with E-state index in [1.807, 2.05) is 6.08 Å². The molecule has 1 heterocycles. The standard InChI is InChI=1S/C11H13N3O3S/c1-6-12-11(18-14-6)13-9(15)7-4-2-3-5-8(7)10(16)17/h2-3,7-8H,4-5H2,1H3,(H,16,17)(H,12,13,14,15). The van der Waals surface area contributed by atoms with Crippen LogP contribution < -0.4 is 5.32 Å². The number of carbonyl (C=O) groups excluding carboxylic acids is 1. The fraction of sp³-hybridized carbons (Fsp3) is 0.455. The first-order valence-electron chi connectivity index (χ1n) is 5.57. The minimum Gasteiger partial charge on any atom is -0.481 e. The van der Waals surface area contributed by atoms with Crippen LogP contribution in [0.5, 0.6) is 0 Å². The third-order valence-corrected chi connectivity index (χ3v) is 3.57. The molecule has 6 nitrogen and oxygen atoms in total. The van der Waals surface area contributed by atoms with Crippen LogP contribution in [0.2, 0.25) is 0 Å². The van der Waals surface area contributed by atoms with Gasteiger partial charge in [0.1, 0.15) is 5.82 Å². The highest BCUT2D eigenvalue weighted by atomic mass is 32.1. The van der Waals surface area contributed by atoms with Gasteiger partial charge in [0.15, 0.2) is 0 Å². The van der Waals surface area contributed by atoms with Gasteiger partial charge >= 0.3 is 5.97 Å². The highest BCUT2D eigenvalue weighted by Gasteiger charge is 2.34. The molecule has 0 saturated carbocycles. The van der Waals surface area contributed by atoms with Crippen molar-refractivity contribution in [3.63, 3.8) is 0 Å². The molecule has 1 aromatic heterocycles. The Morgan fingerprint density at radius 3 is 2.61 bits per heavy atom. The molecule has 0 spiro atoms. The minimum atomic E-state index is -0.937. The van der Waals surface area contributed by atoms with E-state index >= 15 is 0 Å². The summed E-state index contributed by atoms with van der Waals surface area (Å²) >= 11 is 1.09. The first kappa shape index (κ1) is 12.7. The van der Waals surface area contributed by atoms with Gasteiger partial charge in [0.05, 0.1) is 11.8 Å². The highest BCUT2D eigenvalue weighted by Crippen LogP contribution is 2.27. The van der Waals surface area contributed by atoms with E-state index in [0.29, 0.717) is 23.8 Å². The van der Waals surface area contributed by atoms with Crippen molar-refractivity contribution in [2.75, 3.05) is 5.32 Å². The molecular weight excluding hydrogens is 254 g/mol. The number of amides is 1. The quantitative estimate of drug-likeness (QED) is 0.809. The first-order chi connectivity index (χ1) is 8.58. The number of aromatic nitrogens is 2. The Morgan fingerprint density at radius 2 is 2.06 bits per heavy atom. The lowest BCUT2D eigenvalue weighted by Gasteiger charge is -2.23. The molecule has 0 bridgehead atoms. The molecule has 1 aromatic rings. The van der Waals surface area contributed by atoms with Crippen LogP contribution in [0, 0.1) is 18.8 Å². The summed E-state index contributed by atoms with van der Waals surface area (Å²) in [5, 5.41) is 12.1. The normalized spacial score (nSPS) is 22.7. The SMILES string of the molecule is Cc1nsc(NC(=O)C2CC=CCC2C(=O)O)n1. The Morgan fingerprint density at radius 1 is 1.39 bits per heavy atom. The van der Waals surface area contributed by atoms with E-state index in [0.717, 1.165) is 11.5 Å². The van der Waals surface area contributed by atoms with Crippen LogP contribution in [0.25, 0.3) is 0 Å². The summed E-state index contributed by atoms with van der Waals surface area (Å²) in [6.45, 7) is 1.73. The smallest absolute Gasteiger partial charge is 0.307 e. The van der Waals surface area contributed by atoms with Gasteiger partial charge < -0.3 is 10.4 Å². The van der Waals surface area contributed by atoms with Gasteiger partial charge in [0, 0.05) is 11.5 Å². The molecule has 1 aliphatic rings. The number of allylic oxidation sites excluding steroid dienone is 2. The second kappa shape index (κ2) is 5.26. The van der Waals surface area contributed by atoms with Gasteiger partial charge in [0.2, 0.25) is 11.0 Å². The number of aryl methyl sites for hydroxylation is 1. The monoisotopic (exact) mass is 267 g/mol. The van der Waals surface area contributed by atoms with Crippen LogP contribution >= 0.6 is 11.5 Å². The van der Waals surface area contributed by atoms with E-state index in [2.05, 4.69) is 14.7 Å². The molecule has 0 radical (unpaired) electrons. The third-order valence-electron chi connectivity index (χ3n) is 2.84. The molecule has 0 fully saturated rings. The second-order valence-electron chi connectivity index (χ2n) is 4.13. The van der Waals surface area contributed by atoms with Crippen molar-refractivity contribution in [2.45, 2.75) is 19.8 Å². The van der Waals surface area contributed by atoms with Crippen molar-refractivity contribution in [3.05, 3.63) is 18.0 Å². The van der Waals surface area contributed by atoms with Crippen LogP contribution in [-0.4, -0.2) is 26.3 Å². The summed E-state index contributed by atoms with van der Waals surface area (Å²) in [6.07, 6.45) is 4.48. The van der Waals surface area contributed by atoms with Crippen molar-refractivity contribution in [1.82, 2.24) is 9.36 Å². The lowest BCUT2D eigenvalue weighted by atomic mass is 9.82. The van der Waals surface area contributed by atoms with Gasteiger partial charge in [-0.1, -0.05) is 12.2 Å². The summed E-state index contributed by atoms with van der Waals surface area (Å²) in [5.74, 6) is -1.86. The molecule has 0 saturated heterocycles. The van der Waals surface area contributed by atoms with Crippen LogP contribution in [0.1, 0.15) is 18.7 Å². The minimum absolute atomic E-state index is 0.303. The molecular formula is C11H13N3O3S. The summed E-state index contributed by atoms with van der Waals surface area (Å²) in [5.41, 5.74) is 0. The molecule has 18 heavy (non-hydrogen) atoms. The number of nitrogens with one attached hydrogen (secondary N) is 1. The van der Waals surface area contributed by atoms with Crippen molar-refractivity contribution >= 4 is 28.5 Å². The zero-order valence-corrected chi connectivity index (χ0v) is 10.6. The number of hydrogen-bond donors (Lipinski definition) is 2. The van der Waals surface area contributed by atoms with Crippen LogP contribution in [-0.2, 0) is 9.59 Å². The van der Waals surface area contributed by atoms with Crippen LogP contribution in [0.3, 0.4) is 0 Å². The maximum Gasteiger partial charge on any atom is 0.307 e. The fourth-order valence-corrected chi connectivity index (χ4v) is 2.50. The Hall–Kier alpha value is -1.76. The summed E-state index contributed by atoms with van der Waals surface area (Å²) < 4.78 is 3.95. The lowest BCUT2D eigenvalue weighted by Crippen LogP contribution is -2.34. The zero-order chi connectivity index (χ0) is 13.1. The average molecular weight is 267 g/mol. The summed E-state index contributed by atoms with van der Waals surface area (Å²) in [4.78, 5) is 27.1. The van der Waals surface area contributed by atoms with Gasteiger partial charge in [-0.15, -0.1) is 0 Å². The Kier molecular flexibility index (Phi) is 3.71.